The van der Waals surface area contributed by atoms with Gasteiger partial charge in [0, 0.05) is 38.4 Å². The number of rotatable bonds is 7. The standard InChI is InChI=1S/C22H42N4O/c1-4-19(5-2)20-9-14-25(17-20)21(23-6-3)24-18-22(10-15-27-16-11-22)26-12-7-8-13-26/h19-20H,4-18H2,1-3H3,(H,23,24). The second kappa shape index (κ2) is 10.1. The quantitative estimate of drug-likeness (QED) is 0.545. The van der Waals surface area contributed by atoms with Gasteiger partial charge in [-0.2, -0.15) is 0 Å². The van der Waals surface area contributed by atoms with Gasteiger partial charge in [0.25, 0.3) is 0 Å². The van der Waals surface area contributed by atoms with Crippen LogP contribution in [0.2, 0.25) is 0 Å². The molecule has 0 aliphatic carbocycles. The monoisotopic (exact) mass is 378 g/mol. The molecule has 0 aromatic rings. The normalized spacial score (nSPS) is 26.9. The SMILES string of the molecule is CCNC(=NCC1(N2CCCC2)CCOCC1)N1CCC(C(CC)CC)C1. The van der Waals surface area contributed by atoms with Gasteiger partial charge in [-0.1, -0.05) is 26.7 Å². The molecule has 5 nitrogen and oxygen atoms in total. The van der Waals surface area contributed by atoms with Crippen LogP contribution in [0.25, 0.3) is 0 Å². The molecular formula is C22H42N4O. The highest BCUT2D eigenvalue weighted by atomic mass is 16.5. The summed E-state index contributed by atoms with van der Waals surface area (Å²) in [6, 6.07) is 0. The lowest BCUT2D eigenvalue weighted by Crippen LogP contribution is -2.54. The van der Waals surface area contributed by atoms with Gasteiger partial charge in [0.15, 0.2) is 5.96 Å². The Morgan fingerprint density at radius 3 is 2.44 bits per heavy atom. The minimum atomic E-state index is 0.226. The Hall–Kier alpha value is -0.810. The third kappa shape index (κ3) is 4.97. The molecule has 0 radical (unpaired) electrons. The first-order valence-corrected chi connectivity index (χ1v) is 11.6. The number of hydrogen-bond acceptors (Lipinski definition) is 3. The van der Waals surface area contributed by atoms with E-state index >= 15 is 0 Å². The fourth-order valence-corrected chi connectivity index (χ4v) is 5.48. The zero-order valence-electron chi connectivity index (χ0n) is 18.0. The van der Waals surface area contributed by atoms with Crippen molar-refractivity contribution in [3.63, 3.8) is 0 Å². The highest BCUT2D eigenvalue weighted by Crippen LogP contribution is 2.32. The van der Waals surface area contributed by atoms with Gasteiger partial charge in [-0.05, 0) is 64.0 Å². The van der Waals surface area contributed by atoms with Crippen molar-refractivity contribution in [3.8, 4) is 0 Å². The highest BCUT2D eigenvalue weighted by Gasteiger charge is 2.40. The van der Waals surface area contributed by atoms with E-state index < -0.39 is 0 Å². The Kier molecular flexibility index (Phi) is 7.83. The van der Waals surface area contributed by atoms with E-state index in [2.05, 4.69) is 35.9 Å². The van der Waals surface area contributed by atoms with Gasteiger partial charge in [-0.25, -0.2) is 0 Å². The van der Waals surface area contributed by atoms with Crippen molar-refractivity contribution in [1.29, 1.82) is 0 Å². The largest absolute Gasteiger partial charge is 0.381 e. The molecule has 3 aliphatic heterocycles. The van der Waals surface area contributed by atoms with E-state index in [1.165, 1.54) is 51.7 Å². The first-order chi connectivity index (χ1) is 13.2. The molecule has 0 bridgehead atoms. The van der Waals surface area contributed by atoms with Crippen molar-refractivity contribution in [1.82, 2.24) is 15.1 Å². The lowest BCUT2D eigenvalue weighted by molar-refractivity contribution is -0.0139. The summed E-state index contributed by atoms with van der Waals surface area (Å²) < 4.78 is 5.70. The first kappa shape index (κ1) is 20.9. The van der Waals surface area contributed by atoms with Gasteiger partial charge >= 0.3 is 0 Å². The van der Waals surface area contributed by atoms with Gasteiger partial charge < -0.3 is 15.0 Å². The molecule has 5 heteroatoms. The van der Waals surface area contributed by atoms with E-state index in [-0.39, 0.29) is 5.54 Å². The summed E-state index contributed by atoms with van der Waals surface area (Å²) in [5.74, 6) is 2.85. The molecule has 3 aliphatic rings. The van der Waals surface area contributed by atoms with Crippen molar-refractivity contribution >= 4 is 5.96 Å². The van der Waals surface area contributed by atoms with E-state index in [1.807, 2.05) is 0 Å². The first-order valence-electron chi connectivity index (χ1n) is 11.6. The van der Waals surface area contributed by atoms with Crippen molar-refractivity contribution in [2.24, 2.45) is 16.8 Å². The maximum atomic E-state index is 5.70. The molecule has 3 saturated heterocycles. The minimum absolute atomic E-state index is 0.226. The lowest BCUT2D eigenvalue weighted by Gasteiger charge is -2.43. The van der Waals surface area contributed by atoms with Crippen LogP contribution in [0, 0.1) is 11.8 Å². The highest BCUT2D eigenvalue weighted by molar-refractivity contribution is 5.80. The minimum Gasteiger partial charge on any atom is -0.381 e. The zero-order chi connectivity index (χ0) is 19.1. The molecule has 0 amide bonds. The zero-order valence-corrected chi connectivity index (χ0v) is 18.0. The molecule has 0 saturated carbocycles. The maximum Gasteiger partial charge on any atom is 0.193 e. The number of aliphatic imine (C=N–C) groups is 1. The second-order valence-corrected chi connectivity index (χ2v) is 8.77. The molecule has 3 rings (SSSR count). The van der Waals surface area contributed by atoms with E-state index in [9.17, 15) is 0 Å². The summed E-state index contributed by atoms with van der Waals surface area (Å²) in [5.41, 5.74) is 0.226. The number of nitrogens with zero attached hydrogens (tertiary/aromatic N) is 3. The van der Waals surface area contributed by atoms with Gasteiger partial charge in [-0.3, -0.25) is 9.89 Å². The van der Waals surface area contributed by atoms with Gasteiger partial charge in [0.1, 0.15) is 0 Å². The van der Waals surface area contributed by atoms with Crippen LogP contribution in [0.5, 0.6) is 0 Å². The average Bonchev–Trinajstić information content (AvgIpc) is 3.40. The van der Waals surface area contributed by atoms with Crippen LogP contribution in [0.4, 0.5) is 0 Å². The Labute approximate surface area is 166 Å². The van der Waals surface area contributed by atoms with Crippen LogP contribution in [-0.4, -0.2) is 73.8 Å². The fourth-order valence-electron chi connectivity index (χ4n) is 5.48. The molecular weight excluding hydrogens is 336 g/mol. The smallest absolute Gasteiger partial charge is 0.193 e. The van der Waals surface area contributed by atoms with Crippen molar-refractivity contribution < 1.29 is 4.74 Å². The maximum absolute atomic E-state index is 5.70. The van der Waals surface area contributed by atoms with Crippen LogP contribution < -0.4 is 5.32 Å². The van der Waals surface area contributed by atoms with Gasteiger partial charge in [0.05, 0.1) is 6.54 Å². The molecule has 1 unspecified atom stereocenters. The lowest BCUT2D eigenvalue weighted by atomic mass is 9.87. The van der Waals surface area contributed by atoms with Crippen LogP contribution in [0.1, 0.15) is 65.7 Å². The number of guanidine groups is 1. The Balaban J connectivity index is 1.69. The average molecular weight is 379 g/mol. The van der Waals surface area contributed by atoms with Gasteiger partial charge in [0.2, 0.25) is 0 Å². The summed E-state index contributed by atoms with van der Waals surface area (Å²) in [4.78, 5) is 10.5. The van der Waals surface area contributed by atoms with Crippen LogP contribution >= 0.6 is 0 Å². The molecule has 0 spiro atoms. The third-order valence-electron chi connectivity index (χ3n) is 7.30. The van der Waals surface area contributed by atoms with E-state index in [0.29, 0.717) is 0 Å². The summed E-state index contributed by atoms with van der Waals surface area (Å²) in [5, 5.41) is 3.59. The van der Waals surface area contributed by atoms with E-state index in [4.69, 9.17) is 9.73 Å². The van der Waals surface area contributed by atoms with Crippen molar-refractivity contribution in [2.75, 3.05) is 52.5 Å². The summed E-state index contributed by atoms with van der Waals surface area (Å²) >= 11 is 0. The number of hydrogen-bond donors (Lipinski definition) is 1. The Morgan fingerprint density at radius 1 is 1.11 bits per heavy atom. The summed E-state index contributed by atoms with van der Waals surface area (Å²) in [6.07, 6.45) is 8.88. The Bertz CT molecular complexity index is 465. The molecule has 1 atom stereocenters. The molecule has 0 aromatic heterocycles. The second-order valence-electron chi connectivity index (χ2n) is 8.77. The third-order valence-corrected chi connectivity index (χ3v) is 7.30. The number of likely N-dealkylation sites (tertiary alicyclic amines) is 2. The molecule has 3 heterocycles. The predicted octanol–water partition coefficient (Wildman–Crippen LogP) is 3.36. The summed E-state index contributed by atoms with van der Waals surface area (Å²) in [6.45, 7) is 15.4. The van der Waals surface area contributed by atoms with Crippen LogP contribution in [0.15, 0.2) is 4.99 Å². The molecule has 3 fully saturated rings. The molecule has 0 aromatic carbocycles. The van der Waals surface area contributed by atoms with Crippen molar-refractivity contribution in [3.05, 3.63) is 0 Å². The fraction of sp³-hybridized carbons (Fsp3) is 0.955. The van der Waals surface area contributed by atoms with E-state index in [0.717, 1.165) is 63.5 Å². The van der Waals surface area contributed by atoms with Crippen LogP contribution in [0.3, 0.4) is 0 Å². The topological polar surface area (TPSA) is 40.1 Å². The Morgan fingerprint density at radius 2 is 1.81 bits per heavy atom. The van der Waals surface area contributed by atoms with Crippen molar-refractivity contribution in [2.45, 2.75) is 71.3 Å². The molecule has 27 heavy (non-hydrogen) atoms. The number of nitrogens with one attached hydrogen (secondary N) is 1. The van der Waals surface area contributed by atoms with Gasteiger partial charge in [-0.15, -0.1) is 0 Å². The molecule has 156 valence electrons. The molecule has 1 N–H and O–H groups in total. The van der Waals surface area contributed by atoms with Crippen LogP contribution in [-0.2, 0) is 4.74 Å². The van der Waals surface area contributed by atoms with E-state index in [1.54, 1.807) is 0 Å². The summed E-state index contributed by atoms with van der Waals surface area (Å²) in [7, 11) is 0. The number of ether oxygens (including phenoxy) is 1. The predicted molar refractivity (Wildman–Crippen MR) is 113 cm³/mol.